The van der Waals surface area contributed by atoms with Crippen LogP contribution in [-0.4, -0.2) is 26.3 Å². The second-order valence-electron chi connectivity index (χ2n) is 4.22. The van der Waals surface area contributed by atoms with E-state index in [4.69, 9.17) is 9.47 Å². The predicted octanol–water partition coefficient (Wildman–Crippen LogP) is 1.56. The summed E-state index contributed by atoms with van der Waals surface area (Å²) in [6, 6.07) is 1.26. The molecule has 17 heavy (non-hydrogen) atoms. The van der Waals surface area contributed by atoms with Gasteiger partial charge in [-0.05, 0) is 0 Å². The molecule has 0 radical (unpaired) electrons. The number of rotatable bonds is 1. The molecule has 1 saturated heterocycles. The van der Waals surface area contributed by atoms with E-state index in [0.717, 1.165) is 0 Å². The first-order valence-corrected chi connectivity index (χ1v) is 5.73. The van der Waals surface area contributed by atoms with Crippen molar-refractivity contribution in [2.24, 2.45) is 0 Å². The molecule has 1 fully saturated rings. The molecule has 3 nitrogen and oxygen atoms in total. The van der Waals surface area contributed by atoms with Gasteiger partial charge in [0.05, 0.1) is 18.8 Å². The Morgan fingerprint density at radius 2 is 2.18 bits per heavy atom. The molecule has 0 saturated carbocycles. The Kier molecular flexibility index (Phi) is 2.72. The van der Waals surface area contributed by atoms with Crippen LogP contribution >= 0.6 is 0 Å². The van der Waals surface area contributed by atoms with Gasteiger partial charge in [0.15, 0.2) is 0 Å². The Hall–Kier alpha value is -1.20. The van der Waals surface area contributed by atoms with Gasteiger partial charge in [0.25, 0.3) is 0 Å². The lowest BCUT2D eigenvalue weighted by Gasteiger charge is -2.25. The molecule has 2 aliphatic heterocycles. The maximum absolute atomic E-state index is 14.2. The molecule has 2 aliphatic rings. The molecule has 1 N–H and O–H groups in total. The standard InChI is InChI=1S/C12H13F2NO2/c13-8-5-9-7(1-3-16-9)12(14)11(8)10-6-15-2-4-17-10/h5,10,15H,1-4,6H2. The quantitative estimate of drug-likeness (QED) is 0.809. The van der Waals surface area contributed by atoms with Crippen LogP contribution in [0, 0.1) is 11.6 Å². The van der Waals surface area contributed by atoms with Crippen LogP contribution in [0.5, 0.6) is 5.75 Å². The van der Waals surface area contributed by atoms with Crippen LogP contribution in [0.4, 0.5) is 8.78 Å². The summed E-state index contributed by atoms with van der Waals surface area (Å²) in [6.07, 6.45) is -0.0520. The Labute approximate surface area is 97.7 Å². The number of ether oxygens (including phenoxy) is 2. The largest absolute Gasteiger partial charge is 0.493 e. The Bertz CT molecular complexity index is 445. The van der Waals surface area contributed by atoms with Gasteiger partial charge in [-0.3, -0.25) is 0 Å². The van der Waals surface area contributed by atoms with Crippen molar-refractivity contribution in [3.8, 4) is 5.75 Å². The SMILES string of the molecule is Fc1cc2c(c(F)c1C1CNCCO1)CCO2. The summed E-state index contributed by atoms with van der Waals surface area (Å²) >= 11 is 0. The number of nitrogens with one attached hydrogen (secondary N) is 1. The highest BCUT2D eigenvalue weighted by Gasteiger charge is 2.29. The number of hydrogen-bond donors (Lipinski definition) is 1. The van der Waals surface area contributed by atoms with Gasteiger partial charge in [-0.15, -0.1) is 0 Å². The van der Waals surface area contributed by atoms with E-state index >= 15 is 0 Å². The summed E-state index contributed by atoms with van der Waals surface area (Å²) in [5.41, 5.74) is 0.497. The van der Waals surface area contributed by atoms with E-state index in [1.54, 1.807) is 0 Å². The van der Waals surface area contributed by atoms with Crippen molar-refractivity contribution in [1.82, 2.24) is 5.32 Å². The second kappa shape index (κ2) is 4.23. The van der Waals surface area contributed by atoms with Crippen LogP contribution < -0.4 is 10.1 Å². The molecule has 1 unspecified atom stereocenters. The van der Waals surface area contributed by atoms with Crippen LogP contribution in [0.1, 0.15) is 17.2 Å². The lowest BCUT2D eigenvalue weighted by molar-refractivity contribution is 0.0231. The summed E-state index contributed by atoms with van der Waals surface area (Å²) in [7, 11) is 0. The summed E-state index contributed by atoms with van der Waals surface area (Å²) < 4.78 is 38.6. The minimum absolute atomic E-state index is 0.0291. The van der Waals surface area contributed by atoms with Crippen molar-refractivity contribution >= 4 is 0 Å². The summed E-state index contributed by atoms with van der Waals surface area (Å²) in [5.74, 6) is -0.768. The fraction of sp³-hybridized carbons (Fsp3) is 0.500. The molecule has 1 aromatic carbocycles. The van der Waals surface area contributed by atoms with Crippen molar-refractivity contribution in [2.45, 2.75) is 12.5 Å². The summed E-state index contributed by atoms with van der Waals surface area (Å²) in [6.45, 7) is 2.04. The minimum atomic E-state index is -0.586. The molecule has 0 aliphatic carbocycles. The van der Waals surface area contributed by atoms with Crippen molar-refractivity contribution in [1.29, 1.82) is 0 Å². The maximum Gasteiger partial charge on any atom is 0.139 e. The molecule has 1 aromatic rings. The zero-order valence-corrected chi connectivity index (χ0v) is 9.26. The Morgan fingerprint density at radius 3 is 2.94 bits per heavy atom. The van der Waals surface area contributed by atoms with Gasteiger partial charge in [0, 0.05) is 31.1 Å². The third kappa shape index (κ3) is 1.79. The van der Waals surface area contributed by atoms with E-state index in [9.17, 15) is 8.78 Å². The van der Waals surface area contributed by atoms with Crippen molar-refractivity contribution < 1.29 is 18.3 Å². The van der Waals surface area contributed by atoms with Gasteiger partial charge in [-0.1, -0.05) is 0 Å². The first-order chi connectivity index (χ1) is 8.27. The third-order valence-corrected chi connectivity index (χ3v) is 3.17. The van der Waals surface area contributed by atoms with E-state index in [0.29, 0.717) is 44.0 Å². The first kappa shape index (κ1) is 10.9. The highest BCUT2D eigenvalue weighted by Crippen LogP contribution is 2.35. The highest BCUT2D eigenvalue weighted by atomic mass is 19.1. The molecule has 0 amide bonds. The minimum Gasteiger partial charge on any atom is -0.493 e. The number of morpholine rings is 1. The van der Waals surface area contributed by atoms with E-state index < -0.39 is 17.7 Å². The Balaban J connectivity index is 2.03. The van der Waals surface area contributed by atoms with Gasteiger partial charge < -0.3 is 14.8 Å². The lowest BCUT2D eigenvalue weighted by Crippen LogP contribution is -2.34. The van der Waals surface area contributed by atoms with Gasteiger partial charge in [-0.25, -0.2) is 8.78 Å². The number of hydrogen-bond acceptors (Lipinski definition) is 3. The molecule has 0 aromatic heterocycles. The van der Waals surface area contributed by atoms with Crippen LogP contribution in [0.25, 0.3) is 0 Å². The molecular weight excluding hydrogens is 228 g/mol. The van der Waals surface area contributed by atoms with Gasteiger partial charge in [0.1, 0.15) is 23.5 Å². The molecule has 1 atom stereocenters. The fourth-order valence-corrected chi connectivity index (χ4v) is 2.33. The molecule has 2 heterocycles. The predicted molar refractivity (Wildman–Crippen MR) is 57.1 cm³/mol. The van der Waals surface area contributed by atoms with Crippen molar-refractivity contribution in [3.05, 3.63) is 28.8 Å². The summed E-state index contributed by atoms with van der Waals surface area (Å²) in [5, 5.41) is 3.07. The average molecular weight is 241 g/mol. The number of benzene rings is 1. The summed E-state index contributed by atoms with van der Waals surface area (Å²) in [4.78, 5) is 0. The molecule has 0 spiro atoms. The fourth-order valence-electron chi connectivity index (χ4n) is 2.33. The first-order valence-electron chi connectivity index (χ1n) is 5.73. The molecule has 5 heteroatoms. The van der Waals surface area contributed by atoms with Gasteiger partial charge in [-0.2, -0.15) is 0 Å². The van der Waals surface area contributed by atoms with Gasteiger partial charge >= 0.3 is 0 Å². The lowest BCUT2D eigenvalue weighted by atomic mass is 10.0. The topological polar surface area (TPSA) is 30.5 Å². The molecule has 92 valence electrons. The van der Waals surface area contributed by atoms with E-state index in [2.05, 4.69) is 5.32 Å². The zero-order valence-electron chi connectivity index (χ0n) is 9.26. The maximum atomic E-state index is 14.2. The van der Waals surface area contributed by atoms with Gasteiger partial charge in [0.2, 0.25) is 0 Å². The molecule has 0 bridgehead atoms. The van der Waals surface area contributed by atoms with E-state index in [1.807, 2.05) is 0 Å². The van der Waals surface area contributed by atoms with Crippen LogP contribution in [-0.2, 0) is 11.2 Å². The number of fused-ring (bicyclic) bond motifs is 1. The van der Waals surface area contributed by atoms with Crippen LogP contribution in [0.2, 0.25) is 0 Å². The second-order valence-corrected chi connectivity index (χ2v) is 4.22. The van der Waals surface area contributed by atoms with Crippen molar-refractivity contribution in [2.75, 3.05) is 26.3 Å². The van der Waals surface area contributed by atoms with E-state index in [-0.39, 0.29) is 5.56 Å². The Morgan fingerprint density at radius 1 is 1.29 bits per heavy atom. The van der Waals surface area contributed by atoms with Crippen LogP contribution in [0.15, 0.2) is 6.07 Å². The molecular formula is C12H13F2NO2. The normalized spacial score (nSPS) is 23.3. The average Bonchev–Trinajstić information content (AvgIpc) is 2.78. The van der Waals surface area contributed by atoms with Crippen molar-refractivity contribution in [3.63, 3.8) is 0 Å². The highest BCUT2D eigenvalue weighted by molar-refractivity contribution is 5.43. The number of halogens is 2. The third-order valence-electron chi connectivity index (χ3n) is 3.17. The smallest absolute Gasteiger partial charge is 0.139 e. The van der Waals surface area contributed by atoms with Crippen LogP contribution in [0.3, 0.4) is 0 Å². The van der Waals surface area contributed by atoms with E-state index in [1.165, 1.54) is 6.07 Å². The monoisotopic (exact) mass is 241 g/mol. The zero-order chi connectivity index (χ0) is 11.8. The molecule has 3 rings (SSSR count).